The van der Waals surface area contributed by atoms with E-state index in [0.717, 1.165) is 6.42 Å². The van der Waals surface area contributed by atoms with E-state index in [2.05, 4.69) is 0 Å². The van der Waals surface area contributed by atoms with E-state index in [0.29, 0.717) is 18.1 Å². The Morgan fingerprint density at radius 1 is 1.50 bits per heavy atom. The zero-order chi connectivity index (χ0) is 14.9. The predicted octanol–water partition coefficient (Wildman–Crippen LogP) is 1.71. The molecular formula is C13H19ClN2O3S. The van der Waals surface area contributed by atoms with Gasteiger partial charge in [-0.2, -0.15) is 4.31 Å². The van der Waals surface area contributed by atoms with Crippen molar-refractivity contribution in [3.63, 3.8) is 0 Å². The highest BCUT2D eigenvalue weighted by molar-refractivity contribution is 7.89. The average Bonchev–Trinajstić information content (AvgIpc) is 2.88. The van der Waals surface area contributed by atoms with Crippen LogP contribution in [0, 0.1) is 5.92 Å². The first kappa shape index (κ1) is 15.6. The third-order valence-electron chi connectivity index (χ3n) is 3.67. The molecule has 2 unspecified atom stereocenters. The van der Waals surface area contributed by atoms with Gasteiger partial charge in [-0.05, 0) is 31.4 Å². The summed E-state index contributed by atoms with van der Waals surface area (Å²) in [5.74, 6) is 0.463. The van der Waals surface area contributed by atoms with E-state index >= 15 is 0 Å². The van der Waals surface area contributed by atoms with Crippen molar-refractivity contribution < 1.29 is 13.2 Å². The molecule has 0 bridgehead atoms. The third-order valence-corrected chi connectivity index (χ3v) is 5.81. The number of nitrogens with two attached hydrogens (primary N) is 1. The van der Waals surface area contributed by atoms with Crippen molar-refractivity contribution in [3.05, 3.63) is 23.2 Å². The van der Waals surface area contributed by atoms with Crippen LogP contribution in [-0.4, -0.2) is 39.0 Å². The fourth-order valence-corrected chi connectivity index (χ4v) is 4.21. The van der Waals surface area contributed by atoms with Crippen LogP contribution in [0.15, 0.2) is 23.1 Å². The zero-order valence-electron chi connectivity index (χ0n) is 11.5. The summed E-state index contributed by atoms with van der Waals surface area (Å²) in [6, 6.07) is 4.53. The van der Waals surface area contributed by atoms with Gasteiger partial charge in [0.2, 0.25) is 10.0 Å². The van der Waals surface area contributed by atoms with Crippen LogP contribution in [-0.2, 0) is 10.0 Å². The Kier molecular flexibility index (Phi) is 4.59. The number of nitrogens with zero attached hydrogens (tertiary/aromatic N) is 1. The molecule has 0 spiro atoms. The smallest absolute Gasteiger partial charge is 0.246 e. The Morgan fingerprint density at radius 2 is 2.20 bits per heavy atom. The van der Waals surface area contributed by atoms with Gasteiger partial charge in [0.15, 0.2) is 0 Å². The fourth-order valence-electron chi connectivity index (χ4n) is 2.40. The van der Waals surface area contributed by atoms with Gasteiger partial charge in [-0.1, -0.05) is 11.6 Å². The second kappa shape index (κ2) is 5.89. The van der Waals surface area contributed by atoms with E-state index in [9.17, 15) is 8.42 Å². The van der Waals surface area contributed by atoms with E-state index in [1.54, 1.807) is 6.07 Å². The molecule has 1 aromatic rings. The van der Waals surface area contributed by atoms with Gasteiger partial charge >= 0.3 is 0 Å². The normalized spacial score (nSPS) is 21.9. The van der Waals surface area contributed by atoms with Gasteiger partial charge in [-0.25, -0.2) is 8.42 Å². The van der Waals surface area contributed by atoms with Gasteiger partial charge in [-0.15, -0.1) is 0 Å². The number of hydrogen-bond acceptors (Lipinski definition) is 4. The predicted molar refractivity (Wildman–Crippen MR) is 78.5 cm³/mol. The summed E-state index contributed by atoms with van der Waals surface area (Å²) in [5.41, 5.74) is 5.85. The molecule has 7 heteroatoms. The fraction of sp³-hybridized carbons (Fsp3) is 0.538. The van der Waals surface area contributed by atoms with Crippen LogP contribution in [0.4, 0.5) is 0 Å². The number of halogens is 1. The first-order chi connectivity index (χ1) is 9.36. The summed E-state index contributed by atoms with van der Waals surface area (Å²) < 4.78 is 31.9. The van der Waals surface area contributed by atoms with Gasteiger partial charge in [-0.3, -0.25) is 0 Å². The van der Waals surface area contributed by atoms with Gasteiger partial charge in [0.05, 0.1) is 7.11 Å². The molecule has 1 heterocycles. The summed E-state index contributed by atoms with van der Waals surface area (Å²) in [4.78, 5) is 0.148. The largest absolute Gasteiger partial charge is 0.495 e. The summed E-state index contributed by atoms with van der Waals surface area (Å²) in [5, 5.41) is 0.440. The van der Waals surface area contributed by atoms with Crippen LogP contribution >= 0.6 is 11.6 Å². The van der Waals surface area contributed by atoms with Gasteiger partial charge in [0.25, 0.3) is 0 Å². The van der Waals surface area contributed by atoms with Gasteiger partial charge < -0.3 is 10.5 Å². The minimum atomic E-state index is -3.57. The van der Waals surface area contributed by atoms with Crippen LogP contribution in [0.1, 0.15) is 13.3 Å². The number of benzene rings is 1. The van der Waals surface area contributed by atoms with Crippen LogP contribution in [0.5, 0.6) is 5.75 Å². The molecule has 0 saturated carbocycles. The van der Waals surface area contributed by atoms with Crippen molar-refractivity contribution in [1.29, 1.82) is 0 Å². The number of hydrogen-bond donors (Lipinski definition) is 1. The lowest BCUT2D eigenvalue weighted by Gasteiger charge is -2.19. The Hall–Kier alpha value is -0.820. The lowest BCUT2D eigenvalue weighted by Crippen LogP contribution is -2.33. The van der Waals surface area contributed by atoms with Crippen molar-refractivity contribution in [1.82, 2.24) is 4.31 Å². The molecule has 2 atom stereocenters. The Balaban J connectivity index is 2.32. The van der Waals surface area contributed by atoms with E-state index in [4.69, 9.17) is 22.1 Å². The van der Waals surface area contributed by atoms with Crippen LogP contribution in [0.3, 0.4) is 0 Å². The van der Waals surface area contributed by atoms with Crippen molar-refractivity contribution in [2.75, 3.05) is 20.2 Å². The lowest BCUT2D eigenvalue weighted by atomic mass is 10.0. The molecule has 2 rings (SSSR count). The second-order valence-corrected chi connectivity index (χ2v) is 7.41. The van der Waals surface area contributed by atoms with E-state index in [1.165, 1.54) is 23.5 Å². The Morgan fingerprint density at radius 3 is 2.75 bits per heavy atom. The summed E-state index contributed by atoms with van der Waals surface area (Å²) in [6.45, 7) is 2.84. The standard InChI is InChI=1S/C13H19ClN2O3S/c1-9(15)10-5-6-16(8-10)20(17,18)13-4-3-11(14)7-12(13)19-2/h3-4,7,9-10H,5-6,8,15H2,1-2H3. The number of rotatable bonds is 4. The minimum Gasteiger partial charge on any atom is -0.495 e. The zero-order valence-corrected chi connectivity index (χ0v) is 13.1. The average molecular weight is 319 g/mol. The molecule has 0 aromatic heterocycles. The maximum absolute atomic E-state index is 12.7. The molecule has 1 saturated heterocycles. The summed E-state index contributed by atoms with van der Waals surface area (Å²) >= 11 is 5.87. The molecule has 0 radical (unpaired) electrons. The highest BCUT2D eigenvalue weighted by atomic mass is 35.5. The molecule has 0 amide bonds. The molecule has 0 aliphatic carbocycles. The van der Waals surface area contributed by atoms with Gasteiger partial charge in [0.1, 0.15) is 10.6 Å². The summed E-state index contributed by atoms with van der Waals surface area (Å²) in [6.07, 6.45) is 0.785. The molecule has 2 N–H and O–H groups in total. The first-order valence-electron chi connectivity index (χ1n) is 6.45. The van der Waals surface area contributed by atoms with Crippen molar-refractivity contribution in [2.45, 2.75) is 24.3 Å². The molecule has 1 aromatic carbocycles. The van der Waals surface area contributed by atoms with Crippen molar-refractivity contribution >= 4 is 21.6 Å². The number of sulfonamides is 1. The molecule has 1 aliphatic rings. The van der Waals surface area contributed by atoms with Crippen LogP contribution < -0.4 is 10.5 Å². The second-order valence-electron chi connectivity index (χ2n) is 5.07. The molecule has 20 heavy (non-hydrogen) atoms. The first-order valence-corrected chi connectivity index (χ1v) is 8.27. The highest BCUT2D eigenvalue weighted by Crippen LogP contribution is 2.32. The lowest BCUT2D eigenvalue weighted by molar-refractivity contribution is 0.395. The quantitative estimate of drug-likeness (QED) is 0.917. The monoisotopic (exact) mass is 318 g/mol. The van der Waals surface area contributed by atoms with E-state index < -0.39 is 10.0 Å². The molecule has 112 valence electrons. The highest BCUT2D eigenvalue weighted by Gasteiger charge is 2.35. The van der Waals surface area contributed by atoms with Gasteiger partial charge in [0, 0.05) is 30.2 Å². The third kappa shape index (κ3) is 2.93. The topological polar surface area (TPSA) is 72.6 Å². The molecular weight excluding hydrogens is 300 g/mol. The van der Waals surface area contributed by atoms with Crippen LogP contribution in [0.25, 0.3) is 0 Å². The van der Waals surface area contributed by atoms with Crippen LogP contribution in [0.2, 0.25) is 5.02 Å². The molecule has 1 fully saturated rings. The maximum Gasteiger partial charge on any atom is 0.246 e. The number of ether oxygens (including phenoxy) is 1. The van der Waals surface area contributed by atoms with E-state index in [1.807, 2.05) is 6.92 Å². The number of methoxy groups -OCH3 is 1. The van der Waals surface area contributed by atoms with E-state index in [-0.39, 0.29) is 22.6 Å². The minimum absolute atomic E-state index is 0.0117. The maximum atomic E-state index is 12.7. The summed E-state index contributed by atoms with van der Waals surface area (Å²) in [7, 11) is -2.14. The Labute approximate surface area is 124 Å². The van der Waals surface area contributed by atoms with Crippen molar-refractivity contribution in [3.8, 4) is 5.75 Å². The molecule has 5 nitrogen and oxygen atoms in total. The van der Waals surface area contributed by atoms with Crippen molar-refractivity contribution in [2.24, 2.45) is 11.7 Å². The Bertz CT molecular complexity index is 589. The molecule has 1 aliphatic heterocycles. The SMILES string of the molecule is COc1cc(Cl)ccc1S(=O)(=O)N1CCC(C(C)N)C1.